The smallest absolute Gasteiger partial charge is 0.0717 e. The Morgan fingerprint density at radius 1 is 0.897 bits per heavy atom. The average Bonchev–Trinajstić information content (AvgIpc) is 2.77. The van der Waals surface area contributed by atoms with Crippen molar-refractivity contribution in [3.8, 4) is 0 Å². The molecule has 0 spiro atoms. The first-order chi connectivity index (χ1) is 14.3. The lowest BCUT2D eigenvalue weighted by Gasteiger charge is -2.37. The summed E-state index contributed by atoms with van der Waals surface area (Å²) in [4.78, 5) is 0. The number of aryl methyl sites for hydroxylation is 1. The molecule has 3 rings (SSSR count). The quantitative estimate of drug-likeness (QED) is 0.289. The molecule has 1 aromatic carbocycles. The van der Waals surface area contributed by atoms with E-state index in [0.29, 0.717) is 0 Å². The molecular weight excluding hydrogens is 352 g/mol. The minimum Gasteiger partial charge on any atom is -0.376 e. The van der Waals surface area contributed by atoms with Crippen molar-refractivity contribution in [2.24, 2.45) is 23.7 Å². The molecule has 0 atom stereocenters. The van der Waals surface area contributed by atoms with Crippen LogP contribution in [0.3, 0.4) is 0 Å². The van der Waals surface area contributed by atoms with Gasteiger partial charge in [0, 0.05) is 0 Å². The van der Waals surface area contributed by atoms with Crippen LogP contribution in [0.25, 0.3) is 0 Å². The van der Waals surface area contributed by atoms with Crippen LogP contribution in [0.4, 0.5) is 0 Å². The molecule has 0 aromatic heterocycles. The molecule has 0 bridgehead atoms. The van der Waals surface area contributed by atoms with Crippen LogP contribution in [-0.4, -0.2) is 6.61 Å². The molecule has 2 fully saturated rings. The topological polar surface area (TPSA) is 9.23 Å². The van der Waals surface area contributed by atoms with E-state index in [-0.39, 0.29) is 0 Å². The van der Waals surface area contributed by atoms with Gasteiger partial charge < -0.3 is 4.74 Å². The van der Waals surface area contributed by atoms with Gasteiger partial charge in [0.15, 0.2) is 0 Å². The molecule has 0 saturated heterocycles. The second-order valence-corrected chi connectivity index (χ2v) is 9.47. The lowest BCUT2D eigenvalue weighted by atomic mass is 9.68. The van der Waals surface area contributed by atoms with Crippen molar-refractivity contribution >= 4 is 0 Å². The molecule has 1 heteroatoms. The highest BCUT2D eigenvalue weighted by molar-refractivity contribution is 5.22. The van der Waals surface area contributed by atoms with Crippen LogP contribution in [0, 0.1) is 23.7 Å². The fourth-order valence-electron chi connectivity index (χ4n) is 5.56. The van der Waals surface area contributed by atoms with E-state index in [4.69, 9.17) is 4.74 Å². The summed E-state index contributed by atoms with van der Waals surface area (Å²) in [7, 11) is 0. The van der Waals surface area contributed by atoms with Gasteiger partial charge in [0.1, 0.15) is 0 Å². The Morgan fingerprint density at radius 3 is 2.14 bits per heavy atom. The minimum absolute atomic E-state index is 0.717. The van der Waals surface area contributed by atoms with E-state index in [2.05, 4.69) is 49.9 Å². The van der Waals surface area contributed by atoms with Crippen LogP contribution in [-0.2, 0) is 17.8 Å². The Morgan fingerprint density at radius 2 is 1.52 bits per heavy atom. The van der Waals surface area contributed by atoms with E-state index in [1.165, 1.54) is 75.3 Å². The largest absolute Gasteiger partial charge is 0.376 e. The molecule has 1 nitrogen and oxygen atoms in total. The number of allylic oxidation sites excluding steroid dienone is 2. The molecule has 2 saturated carbocycles. The molecule has 0 N–H and O–H groups in total. The number of hydrogen-bond acceptors (Lipinski definition) is 1. The van der Waals surface area contributed by atoms with Crippen molar-refractivity contribution in [3.05, 3.63) is 60.2 Å². The SMILES string of the molecule is C=CCCOCc1ccc(CC[C@H]2CC[C@H]([C@H]3CC[C@H](C=CC)CC3)CC2)cc1. The van der Waals surface area contributed by atoms with Crippen LogP contribution >= 0.6 is 0 Å². The third-order valence-electron chi connectivity index (χ3n) is 7.44. The van der Waals surface area contributed by atoms with Gasteiger partial charge in [-0.15, -0.1) is 6.58 Å². The number of rotatable bonds is 10. The summed E-state index contributed by atoms with van der Waals surface area (Å²) in [6.07, 6.45) is 21.9. The van der Waals surface area contributed by atoms with Gasteiger partial charge in [0.2, 0.25) is 0 Å². The van der Waals surface area contributed by atoms with Crippen LogP contribution in [0.15, 0.2) is 49.1 Å². The summed E-state index contributed by atoms with van der Waals surface area (Å²) in [6, 6.07) is 9.09. The lowest BCUT2D eigenvalue weighted by molar-refractivity contribution is 0.125. The highest BCUT2D eigenvalue weighted by Gasteiger charge is 2.30. The normalized spacial score (nSPS) is 27.9. The highest BCUT2D eigenvalue weighted by Crippen LogP contribution is 2.42. The Kier molecular flexibility index (Phi) is 9.54. The fraction of sp³-hybridized carbons (Fsp3) is 0.643. The Hall–Kier alpha value is -1.34. The van der Waals surface area contributed by atoms with E-state index in [9.17, 15) is 0 Å². The molecule has 0 radical (unpaired) electrons. The van der Waals surface area contributed by atoms with Gasteiger partial charge in [0.05, 0.1) is 13.2 Å². The van der Waals surface area contributed by atoms with Crippen LogP contribution in [0.5, 0.6) is 0 Å². The zero-order valence-electron chi connectivity index (χ0n) is 18.7. The second-order valence-electron chi connectivity index (χ2n) is 9.47. The maximum absolute atomic E-state index is 5.66. The Labute approximate surface area is 179 Å². The summed E-state index contributed by atoms with van der Waals surface area (Å²) in [6.45, 7) is 7.38. The van der Waals surface area contributed by atoms with E-state index >= 15 is 0 Å². The van der Waals surface area contributed by atoms with Crippen LogP contribution in [0.2, 0.25) is 0 Å². The summed E-state index contributed by atoms with van der Waals surface area (Å²) < 4.78 is 5.66. The molecule has 0 amide bonds. The van der Waals surface area contributed by atoms with Gasteiger partial charge in [-0.2, -0.15) is 0 Å². The van der Waals surface area contributed by atoms with E-state index < -0.39 is 0 Å². The number of ether oxygens (including phenoxy) is 1. The first-order valence-corrected chi connectivity index (χ1v) is 12.2. The molecule has 0 aliphatic heterocycles. The molecule has 1 aromatic rings. The second kappa shape index (κ2) is 12.4. The van der Waals surface area contributed by atoms with Gasteiger partial charge in [0.25, 0.3) is 0 Å². The molecule has 0 heterocycles. The zero-order chi connectivity index (χ0) is 20.3. The summed E-state index contributed by atoms with van der Waals surface area (Å²) in [5, 5.41) is 0. The van der Waals surface area contributed by atoms with Crippen molar-refractivity contribution in [3.63, 3.8) is 0 Å². The summed E-state index contributed by atoms with van der Waals surface area (Å²) in [5.41, 5.74) is 2.77. The van der Waals surface area contributed by atoms with Crippen molar-refractivity contribution < 1.29 is 4.74 Å². The van der Waals surface area contributed by atoms with E-state index in [0.717, 1.165) is 43.3 Å². The minimum atomic E-state index is 0.717. The molecule has 2 aliphatic carbocycles. The predicted octanol–water partition coefficient (Wildman–Crippen LogP) is 7.90. The Bertz CT molecular complexity index is 598. The maximum Gasteiger partial charge on any atom is 0.0717 e. The third kappa shape index (κ3) is 7.45. The van der Waals surface area contributed by atoms with Crippen molar-refractivity contribution in [2.75, 3.05) is 6.61 Å². The third-order valence-corrected chi connectivity index (χ3v) is 7.44. The molecule has 29 heavy (non-hydrogen) atoms. The number of benzene rings is 1. The Balaban J connectivity index is 1.32. The van der Waals surface area contributed by atoms with Gasteiger partial charge in [-0.05, 0) is 99.5 Å². The van der Waals surface area contributed by atoms with Gasteiger partial charge in [-0.1, -0.05) is 55.3 Å². The highest BCUT2D eigenvalue weighted by atomic mass is 16.5. The number of hydrogen-bond donors (Lipinski definition) is 0. The molecule has 160 valence electrons. The summed E-state index contributed by atoms with van der Waals surface area (Å²) in [5.74, 6) is 3.88. The maximum atomic E-state index is 5.66. The van der Waals surface area contributed by atoms with Gasteiger partial charge in [-0.25, -0.2) is 0 Å². The van der Waals surface area contributed by atoms with E-state index in [1.807, 2.05) is 6.08 Å². The predicted molar refractivity (Wildman–Crippen MR) is 125 cm³/mol. The fourth-order valence-corrected chi connectivity index (χ4v) is 5.56. The molecular formula is C28H42O. The van der Waals surface area contributed by atoms with Crippen LogP contribution in [0.1, 0.15) is 82.3 Å². The zero-order valence-corrected chi connectivity index (χ0v) is 18.7. The van der Waals surface area contributed by atoms with E-state index in [1.54, 1.807) is 0 Å². The van der Waals surface area contributed by atoms with Gasteiger partial charge in [-0.3, -0.25) is 0 Å². The summed E-state index contributed by atoms with van der Waals surface area (Å²) >= 11 is 0. The lowest BCUT2D eigenvalue weighted by Crippen LogP contribution is -2.25. The molecule has 0 unspecified atom stereocenters. The van der Waals surface area contributed by atoms with Crippen molar-refractivity contribution in [1.82, 2.24) is 0 Å². The standard InChI is InChI=1S/C28H42O/c1-3-5-21-29-22-26-11-9-24(10-12-26)7-8-25-15-19-28(20-16-25)27-17-13-23(6-4-2)14-18-27/h3-4,6,9-12,23,25,27-28H,1,5,7-8,13-22H2,2H3/t23-,25-,27-,28-. The first kappa shape index (κ1) is 22.3. The average molecular weight is 395 g/mol. The first-order valence-electron chi connectivity index (χ1n) is 12.2. The van der Waals surface area contributed by atoms with Crippen LogP contribution < -0.4 is 0 Å². The van der Waals surface area contributed by atoms with Crippen molar-refractivity contribution in [2.45, 2.75) is 84.2 Å². The van der Waals surface area contributed by atoms with Gasteiger partial charge >= 0.3 is 0 Å². The van der Waals surface area contributed by atoms with Crippen molar-refractivity contribution in [1.29, 1.82) is 0 Å². The monoisotopic (exact) mass is 394 g/mol. The molecule has 2 aliphatic rings.